The van der Waals surface area contributed by atoms with Crippen molar-refractivity contribution in [2.75, 3.05) is 6.54 Å². The lowest BCUT2D eigenvalue weighted by Crippen LogP contribution is -2.36. The van der Waals surface area contributed by atoms with E-state index in [2.05, 4.69) is 16.9 Å². The number of aromatic amines is 1. The monoisotopic (exact) mass is 273 g/mol. The van der Waals surface area contributed by atoms with Gasteiger partial charge in [0.05, 0.1) is 10.9 Å². The Morgan fingerprint density at radius 3 is 2.85 bits per heavy atom. The van der Waals surface area contributed by atoms with E-state index in [4.69, 9.17) is 0 Å². The van der Waals surface area contributed by atoms with Gasteiger partial charge in [0.2, 0.25) is 5.91 Å². The fourth-order valence-corrected chi connectivity index (χ4v) is 1.89. The van der Waals surface area contributed by atoms with Crippen LogP contribution >= 0.6 is 0 Å². The zero-order valence-electron chi connectivity index (χ0n) is 10.9. The number of hydrogen-bond acceptors (Lipinski definition) is 3. The van der Waals surface area contributed by atoms with Gasteiger partial charge < -0.3 is 10.3 Å². The molecule has 0 saturated heterocycles. The second-order valence-corrected chi connectivity index (χ2v) is 4.28. The van der Waals surface area contributed by atoms with E-state index in [1.54, 1.807) is 30.3 Å². The molecule has 2 rings (SSSR count). The number of H-pyrrole nitrogens is 1. The molecule has 0 fully saturated rings. The van der Waals surface area contributed by atoms with Crippen LogP contribution in [0.5, 0.6) is 0 Å². The van der Waals surface area contributed by atoms with Crippen LogP contribution < -0.4 is 16.6 Å². The first-order valence-electron chi connectivity index (χ1n) is 6.23. The maximum Gasteiger partial charge on any atom is 0.328 e. The summed E-state index contributed by atoms with van der Waals surface area (Å²) in [5, 5.41) is 3.02. The van der Waals surface area contributed by atoms with Crippen molar-refractivity contribution < 1.29 is 4.79 Å². The van der Waals surface area contributed by atoms with E-state index >= 15 is 0 Å². The Bertz CT molecular complexity index is 758. The molecule has 0 atom stereocenters. The number of para-hydroxylation sites is 1. The number of aromatic nitrogens is 2. The lowest BCUT2D eigenvalue weighted by molar-refractivity contribution is -0.121. The highest BCUT2D eigenvalue weighted by molar-refractivity contribution is 5.77. The largest absolute Gasteiger partial charge is 0.353 e. The van der Waals surface area contributed by atoms with Crippen LogP contribution in [0.4, 0.5) is 0 Å². The van der Waals surface area contributed by atoms with Crippen molar-refractivity contribution in [2.24, 2.45) is 0 Å². The number of rotatable bonds is 5. The quantitative estimate of drug-likeness (QED) is 0.773. The summed E-state index contributed by atoms with van der Waals surface area (Å²) in [6.45, 7) is 3.89. The zero-order valence-corrected chi connectivity index (χ0v) is 10.9. The molecule has 1 amide bonds. The van der Waals surface area contributed by atoms with Gasteiger partial charge >= 0.3 is 5.69 Å². The fraction of sp³-hybridized carbons (Fsp3) is 0.214. The SMILES string of the molecule is C=CCNC(=O)CCn1c(=O)[nH]c2ccccc2c1=O. The Hall–Kier alpha value is -2.63. The molecular formula is C14H15N3O3. The summed E-state index contributed by atoms with van der Waals surface area (Å²) in [6.07, 6.45) is 1.63. The average Bonchev–Trinajstić information content (AvgIpc) is 2.45. The maximum atomic E-state index is 12.2. The molecule has 0 aliphatic rings. The highest BCUT2D eigenvalue weighted by Crippen LogP contribution is 2.02. The van der Waals surface area contributed by atoms with Crippen molar-refractivity contribution in [2.45, 2.75) is 13.0 Å². The van der Waals surface area contributed by atoms with Gasteiger partial charge in [-0.15, -0.1) is 6.58 Å². The predicted octanol–water partition coefficient (Wildman–Crippen LogP) is 0.382. The minimum absolute atomic E-state index is 0.0436. The van der Waals surface area contributed by atoms with Gasteiger partial charge in [-0.25, -0.2) is 4.79 Å². The number of nitrogens with one attached hydrogen (secondary N) is 2. The normalized spacial score (nSPS) is 10.4. The molecular weight excluding hydrogens is 258 g/mol. The van der Waals surface area contributed by atoms with Crippen molar-refractivity contribution in [1.82, 2.24) is 14.9 Å². The zero-order chi connectivity index (χ0) is 14.5. The van der Waals surface area contributed by atoms with Gasteiger partial charge in [-0.3, -0.25) is 14.2 Å². The minimum Gasteiger partial charge on any atom is -0.353 e. The smallest absolute Gasteiger partial charge is 0.328 e. The van der Waals surface area contributed by atoms with Gasteiger partial charge in [0, 0.05) is 19.5 Å². The van der Waals surface area contributed by atoms with E-state index in [9.17, 15) is 14.4 Å². The van der Waals surface area contributed by atoms with Crippen molar-refractivity contribution in [1.29, 1.82) is 0 Å². The van der Waals surface area contributed by atoms with Crippen LogP contribution in [0.25, 0.3) is 10.9 Å². The molecule has 6 heteroatoms. The summed E-state index contributed by atoms with van der Waals surface area (Å²) >= 11 is 0. The molecule has 0 saturated carbocycles. The van der Waals surface area contributed by atoms with E-state index in [0.717, 1.165) is 4.57 Å². The molecule has 1 heterocycles. The second-order valence-electron chi connectivity index (χ2n) is 4.28. The summed E-state index contributed by atoms with van der Waals surface area (Å²) in [7, 11) is 0. The van der Waals surface area contributed by atoms with Gasteiger partial charge in [0.25, 0.3) is 5.56 Å². The Balaban J connectivity index is 2.26. The van der Waals surface area contributed by atoms with Crippen LogP contribution in [0.3, 0.4) is 0 Å². The number of carbonyl (C=O) groups is 1. The third kappa shape index (κ3) is 2.85. The van der Waals surface area contributed by atoms with Crippen LogP contribution in [-0.4, -0.2) is 22.0 Å². The van der Waals surface area contributed by atoms with Crippen LogP contribution in [0.2, 0.25) is 0 Å². The van der Waals surface area contributed by atoms with Gasteiger partial charge in [0.15, 0.2) is 0 Å². The second kappa shape index (κ2) is 6.01. The summed E-state index contributed by atoms with van der Waals surface area (Å²) in [6, 6.07) is 6.77. The van der Waals surface area contributed by atoms with Crippen molar-refractivity contribution >= 4 is 16.8 Å². The number of benzene rings is 1. The molecule has 0 bridgehead atoms. The summed E-state index contributed by atoms with van der Waals surface area (Å²) in [5.41, 5.74) is -0.402. The molecule has 2 aromatic rings. The molecule has 0 spiro atoms. The highest BCUT2D eigenvalue weighted by Gasteiger charge is 2.08. The van der Waals surface area contributed by atoms with Gasteiger partial charge in [-0.1, -0.05) is 18.2 Å². The van der Waals surface area contributed by atoms with Crippen molar-refractivity contribution in [3.05, 3.63) is 57.8 Å². The van der Waals surface area contributed by atoms with Gasteiger partial charge in [-0.2, -0.15) is 0 Å². The van der Waals surface area contributed by atoms with Crippen LogP contribution in [0.15, 0.2) is 46.5 Å². The van der Waals surface area contributed by atoms with Crippen LogP contribution in [-0.2, 0) is 11.3 Å². The third-order valence-electron chi connectivity index (χ3n) is 2.90. The molecule has 0 aliphatic heterocycles. The molecule has 20 heavy (non-hydrogen) atoms. The first-order valence-corrected chi connectivity index (χ1v) is 6.23. The highest BCUT2D eigenvalue weighted by atomic mass is 16.2. The maximum absolute atomic E-state index is 12.2. The van der Waals surface area contributed by atoms with Crippen LogP contribution in [0.1, 0.15) is 6.42 Å². The molecule has 0 aliphatic carbocycles. The summed E-state index contributed by atoms with van der Waals surface area (Å²) in [4.78, 5) is 38.1. The van der Waals surface area contributed by atoms with Crippen molar-refractivity contribution in [3.8, 4) is 0 Å². The predicted molar refractivity (Wildman–Crippen MR) is 76.7 cm³/mol. The number of nitrogens with zero attached hydrogens (tertiary/aromatic N) is 1. The minimum atomic E-state index is -0.509. The standard InChI is InChI=1S/C14H15N3O3/c1-2-8-15-12(18)7-9-17-13(19)10-5-3-4-6-11(10)16-14(17)20/h2-6H,1,7-9H2,(H,15,18)(H,16,20). The first kappa shape index (κ1) is 13.8. The molecule has 6 nitrogen and oxygen atoms in total. The third-order valence-corrected chi connectivity index (χ3v) is 2.90. The van der Waals surface area contributed by atoms with Crippen LogP contribution in [0, 0.1) is 0 Å². The molecule has 2 N–H and O–H groups in total. The fourth-order valence-electron chi connectivity index (χ4n) is 1.89. The van der Waals surface area contributed by atoms with Crippen molar-refractivity contribution in [3.63, 3.8) is 0 Å². The van der Waals surface area contributed by atoms with E-state index in [1.807, 2.05) is 0 Å². The Labute approximate surface area is 114 Å². The number of hydrogen-bond donors (Lipinski definition) is 2. The molecule has 0 unspecified atom stereocenters. The average molecular weight is 273 g/mol. The van der Waals surface area contributed by atoms with E-state index in [0.29, 0.717) is 17.4 Å². The van der Waals surface area contributed by atoms with Gasteiger partial charge in [-0.05, 0) is 12.1 Å². The molecule has 1 aromatic carbocycles. The first-order chi connectivity index (χ1) is 9.63. The van der Waals surface area contributed by atoms with Gasteiger partial charge in [0.1, 0.15) is 0 Å². The lowest BCUT2D eigenvalue weighted by Gasteiger charge is -2.06. The summed E-state index contributed by atoms with van der Waals surface area (Å²) in [5.74, 6) is -0.232. The van der Waals surface area contributed by atoms with E-state index in [-0.39, 0.29) is 24.4 Å². The summed E-state index contributed by atoms with van der Waals surface area (Å²) < 4.78 is 1.04. The molecule has 0 radical (unpaired) electrons. The topological polar surface area (TPSA) is 84.0 Å². The van der Waals surface area contributed by atoms with E-state index < -0.39 is 5.69 Å². The number of amides is 1. The van der Waals surface area contributed by atoms with E-state index in [1.165, 1.54) is 0 Å². The number of carbonyl (C=O) groups excluding carboxylic acids is 1. The Kier molecular flexibility index (Phi) is 4.14. The Morgan fingerprint density at radius 2 is 2.10 bits per heavy atom. The molecule has 1 aromatic heterocycles. The Morgan fingerprint density at radius 1 is 1.35 bits per heavy atom. The lowest BCUT2D eigenvalue weighted by atomic mass is 10.2. The number of fused-ring (bicyclic) bond motifs is 1. The molecule has 104 valence electrons.